The summed E-state index contributed by atoms with van der Waals surface area (Å²) in [5.74, 6) is 0.359. The van der Waals surface area contributed by atoms with Gasteiger partial charge in [0, 0.05) is 12.1 Å². The SMILES string of the molecule is COc1cc(C(=O)NCc2cccc(F)c2)cc(OC)c1Br. The summed E-state index contributed by atoms with van der Waals surface area (Å²) in [6.07, 6.45) is 0. The Bertz CT molecular complexity index is 666. The van der Waals surface area contributed by atoms with Crippen LogP contribution >= 0.6 is 15.9 Å². The fourth-order valence-electron chi connectivity index (χ4n) is 1.93. The molecule has 0 aliphatic rings. The summed E-state index contributed by atoms with van der Waals surface area (Å²) in [7, 11) is 3.02. The fraction of sp³-hybridized carbons (Fsp3) is 0.188. The van der Waals surface area contributed by atoms with Gasteiger partial charge in [-0.25, -0.2) is 4.39 Å². The van der Waals surface area contributed by atoms with Crippen molar-refractivity contribution < 1.29 is 18.7 Å². The average Bonchev–Trinajstić information content (AvgIpc) is 2.53. The standard InChI is InChI=1S/C16H15BrFNO3/c1-21-13-7-11(8-14(22-2)15(13)17)16(20)19-9-10-4-3-5-12(18)6-10/h3-8H,9H2,1-2H3,(H,19,20). The molecule has 2 rings (SSSR count). The molecular weight excluding hydrogens is 353 g/mol. The first-order valence-electron chi connectivity index (χ1n) is 6.49. The zero-order valence-electron chi connectivity index (χ0n) is 12.2. The number of methoxy groups -OCH3 is 2. The Hall–Kier alpha value is -2.08. The van der Waals surface area contributed by atoms with E-state index in [9.17, 15) is 9.18 Å². The number of hydrogen-bond donors (Lipinski definition) is 1. The van der Waals surface area contributed by atoms with Gasteiger partial charge >= 0.3 is 0 Å². The molecule has 0 saturated heterocycles. The lowest BCUT2D eigenvalue weighted by atomic mass is 10.1. The molecule has 0 radical (unpaired) electrons. The third-order valence-corrected chi connectivity index (χ3v) is 3.83. The number of amides is 1. The van der Waals surface area contributed by atoms with Crippen LogP contribution in [0.1, 0.15) is 15.9 Å². The van der Waals surface area contributed by atoms with E-state index in [1.54, 1.807) is 24.3 Å². The molecule has 0 aliphatic heterocycles. The molecule has 0 bridgehead atoms. The number of halogens is 2. The van der Waals surface area contributed by atoms with Crippen molar-refractivity contribution in [3.8, 4) is 11.5 Å². The van der Waals surface area contributed by atoms with E-state index in [2.05, 4.69) is 21.2 Å². The highest BCUT2D eigenvalue weighted by Gasteiger charge is 2.14. The summed E-state index contributed by atoms with van der Waals surface area (Å²) in [6.45, 7) is 0.233. The molecule has 116 valence electrons. The summed E-state index contributed by atoms with van der Waals surface area (Å²) in [5, 5.41) is 2.73. The van der Waals surface area contributed by atoms with Crippen molar-refractivity contribution in [1.29, 1.82) is 0 Å². The predicted molar refractivity (Wildman–Crippen MR) is 84.8 cm³/mol. The van der Waals surface area contributed by atoms with Gasteiger partial charge in [-0.2, -0.15) is 0 Å². The van der Waals surface area contributed by atoms with E-state index in [1.807, 2.05) is 0 Å². The molecular formula is C16H15BrFNO3. The van der Waals surface area contributed by atoms with Gasteiger partial charge in [-0.3, -0.25) is 4.79 Å². The molecule has 0 heterocycles. The van der Waals surface area contributed by atoms with Crippen LogP contribution in [0.2, 0.25) is 0 Å². The van der Waals surface area contributed by atoms with Gasteiger partial charge in [0.1, 0.15) is 21.8 Å². The van der Waals surface area contributed by atoms with Gasteiger partial charge in [-0.1, -0.05) is 12.1 Å². The third kappa shape index (κ3) is 3.76. The Morgan fingerprint density at radius 3 is 2.36 bits per heavy atom. The van der Waals surface area contributed by atoms with E-state index in [0.29, 0.717) is 27.1 Å². The molecule has 1 N–H and O–H groups in total. The zero-order chi connectivity index (χ0) is 16.1. The topological polar surface area (TPSA) is 47.6 Å². The summed E-state index contributed by atoms with van der Waals surface area (Å²) in [4.78, 5) is 12.2. The van der Waals surface area contributed by atoms with Crippen LogP contribution in [0.4, 0.5) is 4.39 Å². The number of ether oxygens (including phenoxy) is 2. The van der Waals surface area contributed by atoms with Crippen molar-refractivity contribution in [2.24, 2.45) is 0 Å². The lowest BCUT2D eigenvalue weighted by molar-refractivity contribution is 0.0950. The second kappa shape index (κ2) is 7.26. The number of nitrogens with one attached hydrogen (secondary N) is 1. The van der Waals surface area contributed by atoms with Gasteiger partial charge in [-0.15, -0.1) is 0 Å². The highest BCUT2D eigenvalue weighted by atomic mass is 79.9. The van der Waals surface area contributed by atoms with E-state index in [-0.39, 0.29) is 18.3 Å². The van der Waals surface area contributed by atoms with E-state index in [4.69, 9.17) is 9.47 Å². The van der Waals surface area contributed by atoms with Gasteiger partial charge in [-0.05, 0) is 45.8 Å². The van der Waals surface area contributed by atoms with Crippen molar-refractivity contribution >= 4 is 21.8 Å². The van der Waals surface area contributed by atoms with Crippen molar-refractivity contribution in [1.82, 2.24) is 5.32 Å². The molecule has 22 heavy (non-hydrogen) atoms. The molecule has 0 atom stereocenters. The van der Waals surface area contributed by atoms with Crippen LogP contribution in [0.3, 0.4) is 0 Å². The van der Waals surface area contributed by atoms with Crippen LogP contribution in [0.15, 0.2) is 40.9 Å². The Balaban J connectivity index is 2.15. The lowest BCUT2D eigenvalue weighted by Crippen LogP contribution is -2.23. The Kier molecular flexibility index (Phi) is 5.38. The maximum atomic E-state index is 13.1. The van der Waals surface area contributed by atoms with Crippen LogP contribution in [-0.2, 0) is 6.54 Å². The highest BCUT2D eigenvalue weighted by molar-refractivity contribution is 9.10. The average molecular weight is 368 g/mol. The first-order chi connectivity index (χ1) is 10.5. The number of rotatable bonds is 5. The Morgan fingerprint density at radius 1 is 1.18 bits per heavy atom. The number of carbonyl (C=O) groups excluding carboxylic acids is 1. The fourth-order valence-corrected chi connectivity index (χ4v) is 2.48. The van der Waals surface area contributed by atoms with Crippen LogP contribution < -0.4 is 14.8 Å². The van der Waals surface area contributed by atoms with Crippen LogP contribution in [0.5, 0.6) is 11.5 Å². The molecule has 0 aliphatic carbocycles. The van der Waals surface area contributed by atoms with Gasteiger partial charge in [0.05, 0.1) is 14.2 Å². The molecule has 0 saturated carbocycles. The largest absolute Gasteiger partial charge is 0.495 e. The molecule has 0 fully saturated rings. The van der Waals surface area contributed by atoms with Crippen LogP contribution in [-0.4, -0.2) is 20.1 Å². The Labute approximate surface area is 136 Å². The lowest BCUT2D eigenvalue weighted by Gasteiger charge is -2.12. The Morgan fingerprint density at radius 2 is 1.82 bits per heavy atom. The second-order valence-corrected chi connectivity index (χ2v) is 5.30. The number of benzene rings is 2. The van der Waals surface area contributed by atoms with Crippen LogP contribution in [0.25, 0.3) is 0 Å². The van der Waals surface area contributed by atoms with Crippen molar-refractivity contribution in [2.75, 3.05) is 14.2 Å². The molecule has 2 aromatic rings. The number of hydrogen-bond acceptors (Lipinski definition) is 3. The van der Waals surface area contributed by atoms with Gasteiger partial charge in [0.2, 0.25) is 0 Å². The van der Waals surface area contributed by atoms with Gasteiger partial charge in [0.15, 0.2) is 0 Å². The van der Waals surface area contributed by atoms with Gasteiger partial charge < -0.3 is 14.8 Å². The predicted octanol–water partition coefficient (Wildman–Crippen LogP) is 3.54. The second-order valence-electron chi connectivity index (χ2n) is 4.51. The number of carbonyl (C=O) groups is 1. The molecule has 0 unspecified atom stereocenters. The van der Waals surface area contributed by atoms with Crippen molar-refractivity contribution in [3.05, 3.63) is 57.8 Å². The molecule has 6 heteroatoms. The molecule has 4 nitrogen and oxygen atoms in total. The minimum absolute atomic E-state index is 0.233. The van der Waals surface area contributed by atoms with E-state index >= 15 is 0 Å². The summed E-state index contributed by atoms with van der Waals surface area (Å²) < 4.78 is 24.1. The summed E-state index contributed by atoms with van der Waals surface area (Å²) in [5.41, 5.74) is 1.08. The maximum absolute atomic E-state index is 13.1. The monoisotopic (exact) mass is 367 g/mol. The smallest absolute Gasteiger partial charge is 0.251 e. The quantitative estimate of drug-likeness (QED) is 0.879. The normalized spacial score (nSPS) is 10.2. The molecule has 0 spiro atoms. The first kappa shape index (κ1) is 16.3. The highest BCUT2D eigenvalue weighted by Crippen LogP contribution is 2.35. The first-order valence-corrected chi connectivity index (χ1v) is 7.28. The maximum Gasteiger partial charge on any atom is 0.251 e. The third-order valence-electron chi connectivity index (χ3n) is 3.05. The van der Waals surface area contributed by atoms with Crippen LogP contribution in [0, 0.1) is 5.82 Å². The van der Waals surface area contributed by atoms with Crippen molar-refractivity contribution in [3.63, 3.8) is 0 Å². The molecule has 0 aromatic heterocycles. The minimum atomic E-state index is -0.335. The van der Waals surface area contributed by atoms with E-state index < -0.39 is 0 Å². The zero-order valence-corrected chi connectivity index (χ0v) is 13.7. The van der Waals surface area contributed by atoms with Crippen molar-refractivity contribution in [2.45, 2.75) is 6.54 Å². The van der Waals surface area contributed by atoms with E-state index in [0.717, 1.165) is 0 Å². The molecule has 2 aromatic carbocycles. The van der Waals surface area contributed by atoms with Gasteiger partial charge in [0.25, 0.3) is 5.91 Å². The minimum Gasteiger partial charge on any atom is -0.495 e. The van der Waals surface area contributed by atoms with E-state index in [1.165, 1.54) is 26.4 Å². The molecule has 1 amide bonds. The summed E-state index contributed by atoms with van der Waals surface area (Å²) >= 11 is 3.35. The summed E-state index contributed by atoms with van der Waals surface area (Å²) in [6, 6.07) is 9.29.